The molecule has 5 rings (SSSR count). The number of benzene rings is 1. The van der Waals surface area contributed by atoms with E-state index in [9.17, 15) is 9.59 Å². The number of aromatic amines is 1. The Balaban J connectivity index is 1.40. The van der Waals surface area contributed by atoms with Crippen molar-refractivity contribution in [2.75, 3.05) is 38.0 Å². The Labute approximate surface area is 190 Å². The minimum atomic E-state index is -0.122. The number of amides is 2. The minimum absolute atomic E-state index is 0.106. The molecule has 31 heavy (non-hydrogen) atoms. The number of rotatable bonds is 4. The fourth-order valence-electron chi connectivity index (χ4n) is 4.95. The number of likely N-dealkylation sites (tertiary alicyclic amines) is 1. The summed E-state index contributed by atoms with van der Waals surface area (Å²) in [7, 11) is 0. The third-order valence-corrected chi connectivity index (χ3v) is 7.36. The molecule has 3 aliphatic rings. The second kappa shape index (κ2) is 8.28. The Morgan fingerprint density at radius 3 is 2.68 bits per heavy atom. The summed E-state index contributed by atoms with van der Waals surface area (Å²) in [5, 5.41) is 2.92. The highest BCUT2D eigenvalue weighted by Crippen LogP contribution is 2.39. The summed E-state index contributed by atoms with van der Waals surface area (Å²) in [5.41, 5.74) is 5.80. The van der Waals surface area contributed by atoms with E-state index in [4.69, 9.17) is 0 Å². The van der Waals surface area contributed by atoms with Crippen LogP contribution in [0.3, 0.4) is 0 Å². The Bertz CT molecular complexity index is 1080. The van der Waals surface area contributed by atoms with Gasteiger partial charge in [0, 0.05) is 47.5 Å². The monoisotopic (exact) mass is 482 g/mol. The van der Waals surface area contributed by atoms with Gasteiger partial charge < -0.3 is 20.1 Å². The smallest absolute Gasteiger partial charge is 0.256 e. The molecule has 3 aliphatic heterocycles. The van der Waals surface area contributed by atoms with Crippen LogP contribution >= 0.6 is 15.9 Å². The minimum Gasteiger partial charge on any atom is -0.358 e. The Kier molecular flexibility index (Phi) is 5.48. The maximum atomic E-state index is 13.3. The van der Waals surface area contributed by atoms with Gasteiger partial charge in [0.25, 0.3) is 11.8 Å². The number of H-pyrrole nitrogens is 1. The third-order valence-electron chi connectivity index (χ3n) is 6.70. The second-order valence-electron chi connectivity index (χ2n) is 8.64. The predicted octanol–water partition coefficient (Wildman–Crippen LogP) is 4.06. The van der Waals surface area contributed by atoms with E-state index >= 15 is 0 Å². The number of hydrogen-bond acceptors (Lipinski definition) is 3. The van der Waals surface area contributed by atoms with E-state index in [0.29, 0.717) is 5.57 Å². The molecule has 0 spiro atoms. The van der Waals surface area contributed by atoms with Crippen molar-refractivity contribution >= 4 is 45.1 Å². The molecule has 0 aliphatic carbocycles. The van der Waals surface area contributed by atoms with Gasteiger partial charge in [0.1, 0.15) is 0 Å². The van der Waals surface area contributed by atoms with Crippen LogP contribution in [0.5, 0.6) is 0 Å². The van der Waals surface area contributed by atoms with Crippen LogP contribution in [0.1, 0.15) is 52.1 Å². The van der Waals surface area contributed by atoms with Crippen molar-refractivity contribution in [3.63, 3.8) is 0 Å². The molecular formula is C24H27BrN4O2. The van der Waals surface area contributed by atoms with Crippen molar-refractivity contribution in [1.82, 2.24) is 14.8 Å². The van der Waals surface area contributed by atoms with E-state index in [1.807, 2.05) is 36.1 Å². The van der Waals surface area contributed by atoms with Crippen LogP contribution in [0.4, 0.5) is 5.69 Å². The molecule has 162 valence electrons. The highest BCUT2D eigenvalue weighted by Gasteiger charge is 2.31. The fraction of sp³-hybridized carbons (Fsp3) is 0.417. The zero-order valence-corrected chi connectivity index (χ0v) is 19.3. The molecule has 1 aromatic carbocycles. The summed E-state index contributed by atoms with van der Waals surface area (Å²) in [5.74, 6) is -0.0162. The average molecular weight is 483 g/mol. The molecule has 0 unspecified atom stereocenters. The number of piperidine rings is 1. The van der Waals surface area contributed by atoms with Gasteiger partial charge in [-0.2, -0.15) is 0 Å². The summed E-state index contributed by atoms with van der Waals surface area (Å²) in [4.78, 5) is 33.7. The molecule has 0 radical (unpaired) electrons. The van der Waals surface area contributed by atoms with Crippen LogP contribution in [0.15, 0.2) is 22.7 Å². The first kappa shape index (κ1) is 20.5. The second-order valence-corrected chi connectivity index (χ2v) is 9.49. The number of carbonyl (C=O) groups excluding carboxylic acids is 2. The molecule has 2 amide bonds. The molecule has 2 N–H and O–H groups in total. The number of nitrogens with one attached hydrogen (secondary N) is 2. The molecular weight excluding hydrogens is 456 g/mol. The Hall–Kier alpha value is -2.38. The zero-order chi connectivity index (χ0) is 21.5. The average Bonchev–Trinajstić information content (AvgIpc) is 3.26. The van der Waals surface area contributed by atoms with Crippen LogP contribution < -0.4 is 5.32 Å². The van der Waals surface area contributed by atoms with E-state index in [1.54, 1.807) is 0 Å². The highest BCUT2D eigenvalue weighted by molar-refractivity contribution is 9.10. The van der Waals surface area contributed by atoms with E-state index in [-0.39, 0.29) is 11.8 Å². The fourth-order valence-corrected chi connectivity index (χ4v) is 5.53. The number of halogens is 1. The van der Waals surface area contributed by atoms with Gasteiger partial charge in [-0.05, 0) is 56.6 Å². The van der Waals surface area contributed by atoms with E-state index in [0.717, 1.165) is 77.4 Å². The Morgan fingerprint density at radius 2 is 1.87 bits per heavy atom. The molecule has 1 fully saturated rings. The lowest BCUT2D eigenvalue weighted by Gasteiger charge is -2.32. The quantitative estimate of drug-likeness (QED) is 0.645. The molecule has 0 saturated carbocycles. The summed E-state index contributed by atoms with van der Waals surface area (Å²) in [6, 6.07) is 5.74. The summed E-state index contributed by atoms with van der Waals surface area (Å²) in [6.45, 7) is 6.74. The van der Waals surface area contributed by atoms with Crippen molar-refractivity contribution in [3.8, 4) is 0 Å². The predicted molar refractivity (Wildman–Crippen MR) is 126 cm³/mol. The molecule has 1 saturated heterocycles. The standard InChI is InChI=1S/C24H27BrN4O2/c1-15-20(14-16-22-17(25)6-5-7-18(22)27-23(16)30)26-19-8-11-29(24(31)21(15)19)13-12-28-9-3-2-4-10-28/h5-7,14,26H,2-4,8-13H2,1H3,(H,27,30). The first-order chi connectivity index (χ1) is 15.0. The number of carbonyl (C=O) groups is 2. The number of hydrogen-bond donors (Lipinski definition) is 2. The largest absolute Gasteiger partial charge is 0.358 e. The molecule has 7 heteroatoms. The van der Waals surface area contributed by atoms with Crippen LogP contribution in [0.25, 0.3) is 11.6 Å². The van der Waals surface area contributed by atoms with Gasteiger partial charge in [-0.15, -0.1) is 0 Å². The van der Waals surface area contributed by atoms with Crippen molar-refractivity contribution in [2.45, 2.75) is 32.6 Å². The van der Waals surface area contributed by atoms with Gasteiger partial charge in [0.05, 0.1) is 16.8 Å². The van der Waals surface area contributed by atoms with E-state index in [2.05, 4.69) is 31.1 Å². The summed E-state index contributed by atoms with van der Waals surface area (Å²) in [6.07, 6.45) is 6.55. The van der Waals surface area contributed by atoms with Gasteiger partial charge in [-0.25, -0.2) is 0 Å². The normalized spacial score (nSPS) is 20.2. The molecule has 0 atom stereocenters. The first-order valence-electron chi connectivity index (χ1n) is 11.1. The number of aromatic nitrogens is 1. The lowest BCUT2D eigenvalue weighted by Crippen LogP contribution is -2.43. The van der Waals surface area contributed by atoms with Gasteiger partial charge in [-0.1, -0.05) is 28.4 Å². The maximum absolute atomic E-state index is 13.3. The summed E-state index contributed by atoms with van der Waals surface area (Å²) >= 11 is 3.56. The van der Waals surface area contributed by atoms with Gasteiger partial charge >= 0.3 is 0 Å². The first-order valence-corrected chi connectivity index (χ1v) is 11.9. The number of nitrogens with zero attached hydrogens (tertiary/aromatic N) is 2. The van der Waals surface area contributed by atoms with Crippen molar-refractivity contribution in [3.05, 3.63) is 50.8 Å². The maximum Gasteiger partial charge on any atom is 0.256 e. The third kappa shape index (κ3) is 3.74. The van der Waals surface area contributed by atoms with Crippen LogP contribution in [-0.2, 0) is 11.2 Å². The van der Waals surface area contributed by atoms with Gasteiger partial charge in [-0.3, -0.25) is 9.59 Å². The van der Waals surface area contributed by atoms with Crippen LogP contribution in [0, 0.1) is 6.92 Å². The van der Waals surface area contributed by atoms with E-state index < -0.39 is 0 Å². The topological polar surface area (TPSA) is 68.4 Å². The van der Waals surface area contributed by atoms with E-state index in [1.165, 1.54) is 19.3 Å². The van der Waals surface area contributed by atoms with Gasteiger partial charge in [0.15, 0.2) is 0 Å². The lowest BCUT2D eigenvalue weighted by atomic mass is 10.0. The van der Waals surface area contributed by atoms with Crippen molar-refractivity contribution < 1.29 is 9.59 Å². The SMILES string of the molecule is Cc1c(C=C2C(=O)Nc3cccc(Br)c32)[nH]c2c1C(=O)N(CCN1CCCCC1)CC2. The Morgan fingerprint density at radius 1 is 1.06 bits per heavy atom. The number of anilines is 1. The van der Waals surface area contributed by atoms with Gasteiger partial charge in [0.2, 0.25) is 0 Å². The molecule has 1 aromatic heterocycles. The number of fused-ring (bicyclic) bond motifs is 2. The van der Waals surface area contributed by atoms with Crippen molar-refractivity contribution in [1.29, 1.82) is 0 Å². The van der Waals surface area contributed by atoms with Crippen LogP contribution in [0.2, 0.25) is 0 Å². The molecule has 6 nitrogen and oxygen atoms in total. The molecule has 0 bridgehead atoms. The summed E-state index contributed by atoms with van der Waals surface area (Å²) < 4.78 is 0.878. The molecule has 2 aromatic rings. The molecule has 4 heterocycles. The zero-order valence-electron chi connectivity index (χ0n) is 17.8. The van der Waals surface area contributed by atoms with Crippen molar-refractivity contribution in [2.24, 2.45) is 0 Å². The van der Waals surface area contributed by atoms with Crippen LogP contribution in [-0.4, -0.2) is 59.3 Å². The highest BCUT2D eigenvalue weighted by atomic mass is 79.9. The lowest BCUT2D eigenvalue weighted by molar-refractivity contribution is -0.110.